The van der Waals surface area contributed by atoms with E-state index in [2.05, 4.69) is 24.3 Å². The Kier molecular flexibility index (Phi) is 5.62. The zero-order valence-corrected chi connectivity index (χ0v) is 15.9. The van der Waals surface area contributed by atoms with Gasteiger partial charge < -0.3 is 23.7 Å². The molecule has 2 aliphatic rings. The van der Waals surface area contributed by atoms with Crippen LogP contribution < -0.4 is 9.47 Å². The molecule has 0 amide bonds. The molecular formula is C22H26O5. The van der Waals surface area contributed by atoms with Crippen LogP contribution in [0.4, 0.5) is 0 Å². The molecule has 0 N–H and O–H groups in total. The summed E-state index contributed by atoms with van der Waals surface area (Å²) in [7, 11) is 3.38. The molecule has 2 unspecified atom stereocenters. The van der Waals surface area contributed by atoms with Gasteiger partial charge in [-0.2, -0.15) is 0 Å². The normalized spacial score (nSPS) is 20.4. The van der Waals surface area contributed by atoms with Gasteiger partial charge in [0.25, 0.3) is 0 Å². The summed E-state index contributed by atoms with van der Waals surface area (Å²) in [5.74, 6) is 1.74. The van der Waals surface area contributed by atoms with E-state index in [0.717, 1.165) is 37.6 Å². The average molecular weight is 370 g/mol. The highest BCUT2D eigenvalue weighted by atomic mass is 16.6. The molecule has 2 saturated heterocycles. The lowest BCUT2D eigenvalue weighted by molar-refractivity contribution is 0.106. The van der Waals surface area contributed by atoms with Crippen molar-refractivity contribution in [3.8, 4) is 11.5 Å². The molecule has 5 heteroatoms. The number of ether oxygens (including phenoxy) is 5. The van der Waals surface area contributed by atoms with Gasteiger partial charge in [0.15, 0.2) is 0 Å². The summed E-state index contributed by atoms with van der Waals surface area (Å²) in [6.07, 6.45) is 2.48. The van der Waals surface area contributed by atoms with Crippen molar-refractivity contribution in [1.82, 2.24) is 0 Å². The van der Waals surface area contributed by atoms with E-state index in [4.69, 9.17) is 23.7 Å². The molecule has 2 aliphatic heterocycles. The predicted molar refractivity (Wildman–Crippen MR) is 101 cm³/mol. The molecule has 5 nitrogen and oxygen atoms in total. The van der Waals surface area contributed by atoms with Crippen molar-refractivity contribution < 1.29 is 23.7 Å². The number of hydrogen-bond acceptors (Lipinski definition) is 5. The molecule has 2 atom stereocenters. The summed E-state index contributed by atoms with van der Waals surface area (Å²) in [5.41, 5.74) is 4.84. The Morgan fingerprint density at radius 2 is 1.19 bits per heavy atom. The monoisotopic (exact) mass is 370 g/mol. The van der Waals surface area contributed by atoms with Gasteiger partial charge in [0.1, 0.15) is 11.5 Å². The first kappa shape index (κ1) is 18.3. The Morgan fingerprint density at radius 3 is 1.56 bits per heavy atom. The summed E-state index contributed by atoms with van der Waals surface area (Å²) >= 11 is 0. The molecule has 2 aromatic carbocycles. The lowest BCUT2D eigenvalue weighted by Crippen LogP contribution is -2.05. The number of rotatable bonds is 10. The molecular weight excluding hydrogens is 344 g/mol. The van der Waals surface area contributed by atoms with Gasteiger partial charge in [-0.3, -0.25) is 0 Å². The minimum atomic E-state index is 0.336. The van der Waals surface area contributed by atoms with Gasteiger partial charge in [-0.25, -0.2) is 0 Å². The molecule has 0 radical (unpaired) electrons. The van der Waals surface area contributed by atoms with Crippen LogP contribution in [-0.2, 0) is 40.3 Å². The summed E-state index contributed by atoms with van der Waals surface area (Å²) in [5, 5.41) is 0. The van der Waals surface area contributed by atoms with Crippen molar-refractivity contribution >= 4 is 0 Å². The van der Waals surface area contributed by atoms with Gasteiger partial charge in [-0.1, -0.05) is 12.1 Å². The molecule has 27 heavy (non-hydrogen) atoms. The lowest BCUT2D eigenvalue weighted by Gasteiger charge is -2.14. The van der Waals surface area contributed by atoms with E-state index in [9.17, 15) is 0 Å². The van der Waals surface area contributed by atoms with Crippen molar-refractivity contribution in [2.24, 2.45) is 0 Å². The Morgan fingerprint density at radius 1 is 0.741 bits per heavy atom. The van der Waals surface area contributed by atoms with E-state index in [1.165, 1.54) is 22.3 Å². The highest BCUT2D eigenvalue weighted by Crippen LogP contribution is 2.26. The van der Waals surface area contributed by atoms with E-state index in [1.54, 1.807) is 14.2 Å². The molecule has 2 fully saturated rings. The topological polar surface area (TPSA) is 52.8 Å². The molecule has 0 bridgehead atoms. The van der Waals surface area contributed by atoms with Crippen LogP contribution in [0.2, 0.25) is 0 Å². The summed E-state index contributed by atoms with van der Waals surface area (Å²) in [4.78, 5) is 0. The second kappa shape index (κ2) is 8.30. The van der Waals surface area contributed by atoms with Crippen LogP contribution in [0.1, 0.15) is 22.3 Å². The third-order valence-electron chi connectivity index (χ3n) is 5.04. The Bertz CT molecular complexity index is 715. The van der Waals surface area contributed by atoms with Gasteiger partial charge in [-0.15, -0.1) is 0 Å². The van der Waals surface area contributed by atoms with Crippen molar-refractivity contribution in [3.63, 3.8) is 0 Å². The smallest absolute Gasteiger partial charge is 0.119 e. The summed E-state index contributed by atoms with van der Waals surface area (Å²) < 4.78 is 27.6. The maximum absolute atomic E-state index is 6.07. The van der Waals surface area contributed by atoms with Crippen molar-refractivity contribution in [3.05, 3.63) is 58.7 Å². The SMILES string of the molecule is COc1ccc(COCc2ccc(OC)cc2CC2CO2)c(CC2CO2)c1. The van der Waals surface area contributed by atoms with Crippen LogP contribution in [0.25, 0.3) is 0 Å². The van der Waals surface area contributed by atoms with E-state index < -0.39 is 0 Å². The molecule has 4 rings (SSSR count). The summed E-state index contributed by atoms with van der Waals surface area (Å²) in [6, 6.07) is 12.3. The van der Waals surface area contributed by atoms with E-state index in [1.807, 2.05) is 12.1 Å². The van der Waals surface area contributed by atoms with Crippen molar-refractivity contribution in [2.45, 2.75) is 38.3 Å². The fraction of sp³-hybridized carbons (Fsp3) is 0.455. The standard InChI is InChI=1S/C22H26O5/c1-23-19-5-3-15(17(7-19)9-21-13-26-21)11-25-12-16-4-6-20(24-2)8-18(16)10-22-14-27-22/h3-8,21-22H,9-14H2,1-2H3. The highest BCUT2D eigenvalue weighted by molar-refractivity contribution is 5.37. The number of epoxide rings is 2. The van der Waals surface area contributed by atoms with E-state index in [0.29, 0.717) is 25.4 Å². The first-order chi connectivity index (χ1) is 13.2. The molecule has 0 spiro atoms. The molecule has 144 valence electrons. The highest BCUT2D eigenvalue weighted by Gasteiger charge is 2.25. The number of benzene rings is 2. The Hall–Kier alpha value is -2.08. The summed E-state index contributed by atoms with van der Waals surface area (Å²) in [6.45, 7) is 2.82. The molecule has 0 aliphatic carbocycles. The van der Waals surface area contributed by atoms with Gasteiger partial charge in [0, 0.05) is 12.8 Å². The third-order valence-corrected chi connectivity index (χ3v) is 5.04. The average Bonchev–Trinajstić information content (AvgIpc) is 3.60. The van der Waals surface area contributed by atoms with Crippen LogP contribution in [0.5, 0.6) is 11.5 Å². The van der Waals surface area contributed by atoms with Crippen LogP contribution in [0, 0.1) is 0 Å². The van der Waals surface area contributed by atoms with E-state index >= 15 is 0 Å². The number of methoxy groups -OCH3 is 2. The quantitative estimate of drug-likeness (QED) is 0.601. The molecule has 0 aromatic heterocycles. The van der Waals surface area contributed by atoms with Crippen LogP contribution in [0.3, 0.4) is 0 Å². The van der Waals surface area contributed by atoms with E-state index in [-0.39, 0.29) is 0 Å². The van der Waals surface area contributed by atoms with Crippen molar-refractivity contribution in [1.29, 1.82) is 0 Å². The minimum Gasteiger partial charge on any atom is -0.497 e. The maximum Gasteiger partial charge on any atom is 0.119 e. The molecule has 0 saturated carbocycles. The zero-order chi connectivity index (χ0) is 18.6. The largest absolute Gasteiger partial charge is 0.497 e. The van der Waals surface area contributed by atoms with Crippen LogP contribution >= 0.6 is 0 Å². The zero-order valence-electron chi connectivity index (χ0n) is 15.9. The Labute approximate surface area is 160 Å². The number of hydrogen-bond donors (Lipinski definition) is 0. The lowest BCUT2D eigenvalue weighted by atomic mass is 10.0. The minimum absolute atomic E-state index is 0.336. The Balaban J connectivity index is 1.42. The molecule has 2 heterocycles. The van der Waals surface area contributed by atoms with Crippen LogP contribution in [-0.4, -0.2) is 39.6 Å². The van der Waals surface area contributed by atoms with Crippen molar-refractivity contribution in [2.75, 3.05) is 27.4 Å². The van der Waals surface area contributed by atoms with Crippen LogP contribution in [0.15, 0.2) is 36.4 Å². The fourth-order valence-electron chi connectivity index (χ4n) is 3.25. The van der Waals surface area contributed by atoms with Gasteiger partial charge >= 0.3 is 0 Å². The first-order valence-corrected chi connectivity index (χ1v) is 9.37. The fourth-order valence-corrected chi connectivity index (χ4v) is 3.25. The second-order valence-electron chi connectivity index (χ2n) is 7.08. The van der Waals surface area contributed by atoms with Gasteiger partial charge in [0.05, 0.1) is 52.9 Å². The second-order valence-corrected chi connectivity index (χ2v) is 7.08. The predicted octanol–water partition coefficient (Wildman–Crippen LogP) is 3.30. The maximum atomic E-state index is 6.07. The van der Waals surface area contributed by atoms with Gasteiger partial charge in [0.2, 0.25) is 0 Å². The molecule has 2 aromatic rings. The van der Waals surface area contributed by atoms with Gasteiger partial charge in [-0.05, 0) is 46.5 Å². The third kappa shape index (κ3) is 5.01. The first-order valence-electron chi connectivity index (χ1n) is 9.37.